The Labute approximate surface area is 116 Å². The summed E-state index contributed by atoms with van der Waals surface area (Å²) >= 11 is 0. The van der Waals surface area contributed by atoms with Crippen LogP contribution in [0.15, 0.2) is 0 Å². The molecule has 0 aromatic carbocycles. The van der Waals surface area contributed by atoms with Crippen molar-refractivity contribution < 1.29 is 9.59 Å². The van der Waals surface area contributed by atoms with Crippen LogP contribution >= 0.6 is 0 Å². The molecule has 3 N–H and O–H groups in total. The average molecular weight is 271 g/mol. The molecule has 0 rings (SSSR count). The Morgan fingerprint density at radius 3 is 2.05 bits per heavy atom. The van der Waals surface area contributed by atoms with Crippen LogP contribution in [-0.4, -0.2) is 36.0 Å². The molecule has 5 heteroatoms. The van der Waals surface area contributed by atoms with E-state index in [4.69, 9.17) is 0 Å². The molecule has 0 saturated carbocycles. The van der Waals surface area contributed by atoms with Crippen LogP contribution in [0, 0.1) is 0 Å². The summed E-state index contributed by atoms with van der Waals surface area (Å²) in [5.41, 5.74) is -0.221. The van der Waals surface area contributed by atoms with E-state index in [1.165, 1.54) is 0 Å². The first kappa shape index (κ1) is 17.9. The number of carbonyl (C=O) groups is 2. The molecule has 5 nitrogen and oxygen atoms in total. The van der Waals surface area contributed by atoms with Crippen molar-refractivity contribution in [2.45, 2.75) is 72.0 Å². The Morgan fingerprint density at radius 2 is 1.58 bits per heavy atom. The van der Waals surface area contributed by atoms with Gasteiger partial charge >= 0.3 is 0 Å². The highest BCUT2D eigenvalue weighted by molar-refractivity contribution is 5.85. The minimum absolute atomic E-state index is 0.0729. The maximum absolute atomic E-state index is 12.0. The summed E-state index contributed by atoms with van der Waals surface area (Å²) in [5.74, 6) is -0.154. The zero-order valence-electron chi connectivity index (χ0n) is 13.1. The van der Waals surface area contributed by atoms with Gasteiger partial charge in [-0.25, -0.2) is 0 Å². The fraction of sp³-hybridized carbons (Fsp3) is 0.857. The van der Waals surface area contributed by atoms with Gasteiger partial charge in [-0.2, -0.15) is 0 Å². The van der Waals surface area contributed by atoms with Crippen LogP contribution < -0.4 is 16.0 Å². The van der Waals surface area contributed by atoms with Crippen molar-refractivity contribution >= 4 is 11.8 Å². The summed E-state index contributed by atoms with van der Waals surface area (Å²) in [6.45, 7) is 12.2. The van der Waals surface area contributed by atoms with Gasteiger partial charge in [0.05, 0.1) is 12.1 Å². The maximum Gasteiger partial charge on any atom is 0.237 e. The van der Waals surface area contributed by atoms with Crippen molar-refractivity contribution in [3.05, 3.63) is 0 Å². The molecule has 0 bridgehead atoms. The highest BCUT2D eigenvalue weighted by Gasteiger charge is 2.24. The van der Waals surface area contributed by atoms with Crippen LogP contribution in [0.5, 0.6) is 0 Å². The van der Waals surface area contributed by atoms with Gasteiger partial charge in [0, 0.05) is 12.1 Å². The van der Waals surface area contributed by atoms with Crippen molar-refractivity contribution in [3.63, 3.8) is 0 Å². The van der Waals surface area contributed by atoms with Gasteiger partial charge in [-0.05, 0) is 40.5 Å². The van der Waals surface area contributed by atoms with Crippen molar-refractivity contribution in [2.24, 2.45) is 0 Å². The predicted molar refractivity (Wildman–Crippen MR) is 77.9 cm³/mol. The lowest BCUT2D eigenvalue weighted by Crippen LogP contribution is -2.54. The molecule has 0 radical (unpaired) electrons. The van der Waals surface area contributed by atoms with Crippen LogP contribution in [0.3, 0.4) is 0 Å². The van der Waals surface area contributed by atoms with Gasteiger partial charge in [-0.15, -0.1) is 0 Å². The van der Waals surface area contributed by atoms with Gasteiger partial charge in [-0.1, -0.05) is 13.8 Å². The Morgan fingerprint density at radius 1 is 1.05 bits per heavy atom. The number of carbonyl (C=O) groups excluding carboxylic acids is 2. The Balaban J connectivity index is 4.25. The summed E-state index contributed by atoms with van der Waals surface area (Å²) in [6.07, 6.45) is 1.76. The fourth-order valence-corrected chi connectivity index (χ4v) is 1.46. The molecule has 0 aliphatic rings. The molecule has 2 atom stereocenters. The first-order chi connectivity index (χ1) is 8.73. The van der Waals surface area contributed by atoms with E-state index in [9.17, 15) is 9.59 Å². The first-order valence-corrected chi connectivity index (χ1v) is 7.09. The molecule has 0 heterocycles. The van der Waals surface area contributed by atoms with E-state index in [1.807, 2.05) is 27.7 Å². The van der Waals surface area contributed by atoms with Crippen molar-refractivity contribution in [2.75, 3.05) is 6.54 Å². The van der Waals surface area contributed by atoms with Crippen LogP contribution in [0.1, 0.15) is 54.4 Å². The molecule has 0 spiro atoms. The van der Waals surface area contributed by atoms with Crippen LogP contribution in [0.25, 0.3) is 0 Å². The molecule has 0 saturated heterocycles. The fourth-order valence-electron chi connectivity index (χ4n) is 1.46. The standard InChI is InChI=1S/C14H29N3O2/c1-7-9-15-12(18)10(3)16-11(4)13(19)17-14(5,6)8-2/h10-11,16H,7-9H2,1-6H3,(H,15,18)(H,17,19). The van der Waals surface area contributed by atoms with E-state index in [2.05, 4.69) is 16.0 Å². The Kier molecular flexibility index (Phi) is 7.68. The molecule has 112 valence electrons. The number of amides is 2. The van der Waals surface area contributed by atoms with E-state index in [0.717, 1.165) is 12.8 Å². The third-order valence-electron chi connectivity index (χ3n) is 3.18. The van der Waals surface area contributed by atoms with Gasteiger partial charge < -0.3 is 10.6 Å². The highest BCUT2D eigenvalue weighted by Crippen LogP contribution is 2.07. The summed E-state index contributed by atoms with van der Waals surface area (Å²) in [4.78, 5) is 23.7. The van der Waals surface area contributed by atoms with E-state index < -0.39 is 6.04 Å². The van der Waals surface area contributed by atoms with Gasteiger partial charge in [-0.3, -0.25) is 14.9 Å². The molecule has 0 aliphatic heterocycles. The normalized spacial score (nSPS) is 14.6. The lowest BCUT2D eigenvalue weighted by molar-refractivity contribution is -0.126. The molecule has 0 aromatic rings. The Hall–Kier alpha value is -1.10. The smallest absolute Gasteiger partial charge is 0.237 e. The molecule has 0 aromatic heterocycles. The van der Waals surface area contributed by atoms with Gasteiger partial charge in [0.1, 0.15) is 0 Å². The third kappa shape index (κ3) is 7.15. The van der Waals surface area contributed by atoms with Gasteiger partial charge in [0.2, 0.25) is 11.8 Å². The number of hydrogen-bond donors (Lipinski definition) is 3. The second-order valence-corrected chi connectivity index (χ2v) is 5.63. The SMILES string of the molecule is CCCNC(=O)C(C)NC(C)C(=O)NC(C)(C)CC. The first-order valence-electron chi connectivity index (χ1n) is 7.09. The molecule has 19 heavy (non-hydrogen) atoms. The molecule has 0 aliphatic carbocycles. The zero-order valence-corrected chi connectivity index (χ0v) is 13.1. The maximum atomic E-state index is 12.0. The topological polar surface area (TPSA) is 70.2 Å². The average Bonchev–Trinajstić information content (AvgIpc) is 2.35. The minimum atomic E-state index is -0.395. The van der Waals surface area contributed by atoms with Crippen molar-refractivity contribution in [1.29, 1.82) is 0 Å². The van der Waals surface area contributed by atoms with Gasteiger partial charge in [0.15, 0.2) is 0 Å². The van der Waals surface area contributed by atoms with E-state index >= 15 is 0 Å². The van der Waals surface area contributed by atoms with E-state index in [1.54, 1.807) is 13.8 Å². The van der Waals surface area contributed by atoms with E-state index in [-0.39, 0.29) is 23.4 Å². The van der Waals surface area contributed by atoms with Crippen molar-refractivity contribution in [3.8, 4) is 0 Å². The summed E-state index contributed by atoms with van der Waals surface area (Å²) in [7, 11) is 0. The monoisotopic (exact) mass is 271 g/mol. The lowest BCUT2D eigenvalue weighted by Gasteiger charge is -2.27. The number of nitrogens with one attached hydrogen (secondary N) is 3. The second kappa shape index (κ2) is 8.15. The van der Waals surface area contributed by atoms with Crippen LogP contribution in [0.2, 0.25) is 0 Å². The van der Waals surface area contributed by atoms with Crippen LogP contribution in [0.4, 0.5) is 0 Å². The molecule has 2 unspecified atom stereocenters. The zero-order chi connectivity index (χ0) is 15.1. The number of hydrogen-bond acceptors (Lipinski definition) is 3. The Bertz CT molecular complexity index is 303. The lowest BCUT2D eigenvalue weighted by atomic mass is 10.0. The molecular weight excluding hydrogens is 242 g/mol. The molecule has 0 fully saturated rings. The van der Waals surface area contributed by atoms with Crippen molar-refractivity contribution in [1.82, 2.24) is 16.0 Å². The van der Waals surface area contributed by atoms with Crippen LogP contribution in [-0.2, 0) is 9.59 Å². The van der Waals surface area contributed by atoms with Gasteiger partial charge in [0.25, 0.3) is 0 Å². The number of rotatable bonds is 8. The quantitative estimate of drug-likeness (QED) is 0.621. The largest absolute Gasteiger partial charge is 0.355 e. The predicted octanol–water partition coefficient (Wildman–Crippen LogP) is 1.18. The summed E-state index contributed by atoms with van der Waals surface area (Å²) < 4.78 is 0. The second-order valence-electron chi connectivity index (χ2n) is 5.63. The summed E-state index contributed by atoms with van der Waals surface area (Å²) in [6, 6.07) is -0.773. The minimum Gasteiger partial charge on any atom is -0.355 e. The summed E-state index contributed by atoms with van der Waals surface area (Å²) in [5, 5.41) is 8.77. The third-order valence-corrected chi connectivity index (χ3v) is 3.18. The molecule has 2 amide bonds. The van der Waals surface area contributed by atoms with E-state index in [0.29, 0.717) is 6.54 Å². The highest BCUT2D eigenvalue weighted by atomic mass is 16.2. The molecular formula is C14H29N3O2.